The Balaban J connectivity index is 3.31. The van der Waals surface area contributed by atoms with E-state index in [2.05, 4.69) is 10.4 Å². The van der Waals surface area contributed by atoms with E-state index in [1.54, 1.807) is 26.2 Å². The van der Waals surface area contributed by atoms with Crippen molar-refractivity contribution < 1.29 is 8.42 Å². The Bertz CT molecular complexity index is 497. The van der Waals surface area contributed by atoms with Crippen molar-refractivity contribution in [3.63, 3.8) is 0 Å². The smallest absolute Gasteiger partial charge is 0.154 e. The molecule has 0 aromatic carbocycles. The Morgan fingerprint density at radius 2 is 2.06 bits per heavy atom. The Morgan fingerprint density at radius 1 is 1.47 bits per heavy atom. The number of rotatable bonds is 4. The lowest BCUT2D eigenvalue weighted by Crippen LogP contribution is -2.47. The average Bonchev–Trinajstić information content (AvgIpc) is 2.20. The summed E-state index contributed by atoms with van der Waals surface area (Å²) in [5, 5.41) is 0. The van der Waals surface area contributed by atoms with Crippen molar-refractivity contribution in [1.82, 2.24) is 10.4 Å². The maximum absolute atomic E-state index is 11.8. The molecule has 1 unspecified atom stereocenters. The molecule has 1 rings (SSSR count). The topological polar surface area (TPSA) is 85.1 Å². The molecule has 0 aliphatic carbocycles. The predicted molar refractivity (Wildman–Crippen MR) is 68.0 cm³/mol. The van der Waals surface area contributed by atoms with Crippen LogP contribution in [-0.4, -0.2) is 24.4 Å². The Morgan fingerprint density at radius 3 is 2.47 bits per heavy atom. The van der Waals surface area contributed by atoms with E-state index >= 15 is 0 Å². The van der Waals surface area contributed by atoms with Crippen LogP contribution in [0.15, 0.2) is 18.5 Å². The van der Waals surface area contributed by atoms with E-state index in [0.717, 1.165) is 11.1 Å². The second kappa shape index (κ2) is 4.72. The first kappa shape index (κ1) is 14.1. The maximum Gasteiger partial charge on any atom is 0.154 e. The van der Waals surface area contributed by atoms with Gasteiger partial charge in [-0.2, -0.15) is 0 Å². The highest BCUT2D eigenvalue weighted by Gasteiger charge is 2.40. The van der Waals surface area contributed by atoms with Crippen LogP contribution in [-0.2, 0) is 9.84 Å². The van der Waals surface area contributed by atoms with Crippen LogP contribution >= 0.6 is 0 Å². The summed E-state index contributed by atoms with van der Waals surface area (Å²) in [7, 11) is -3.25. The molecule has 0 bridgehead atoms. The van der Waals surface area contributed by atoms with E-state index in [1.807, 2.05) is 13.0 Å². The number of nitrogens with zero attached hydrogens (tertiary/aromatic N) is 1. The molecule has 1 heterocycles. The van der Waals surface area contributed by atoms with Gasteiger partial charge >= 0.3 is 0 Å². The lowest BCUT2D eigenvalue weighted by molar-refractivity contribution is 0.425. The molecule has 0 fully saturated rings. The number of hydrogen-bond acceptors (Lipinski definition) is 5. The third kappa shape index (κ3) is 2.65. The number of aryl methyl sites for hydroxylation is 1. The molecule has 3 N–H and O–H groups in total. The number of hydrazine groups is 1. The minimum absolute atomic E-state index is 0.494. The molecular weight excluding hydrogens is 238 g/mol. The zero-order valence-electron chi connectivity index (χ0n) is 10.6. The molecule has 1 aromatic rings. The molecule has 1 atom stereocenters. The minimum atomic E-state index is -3.25. The number of hydrogen-bond donors (Lipinski definition) is 2. The number of nitrogens with two attached hydrogens (primary N) is 1. The van der Waals surface area contributed by atoms with Gasteiger partial charge in [-0.1, -0.05) is 0 Å². The van der Waals surface area contributed by atoms with Crippen LogP contribution < -0.4 is 11.3 Å². The standard InChI is InChI=1S/C11H19N3O2S/c1-8-5-6-13-7-9(8)10(14-12)11(2,3)17(4,15)16/h5-7,10,14H,12H2,1-4H3. The van der Waals surface area contributed by atoms with E-state index in [4.69, 9.17) is 5.84 Å². The lowest BCUT2D eigenvalue weighted by atomic mass is 9.94. The number of sulfone groups is 1. The zero-order valence-corrected chi connectivity index (χ0v) is 11.4. The van der Waals surface area contributed by atoms with Gasteiger partial charge in [-0.05, 0) is 38.0 Å². The van der Waals surface area contributed by atoms with E-state index < -0.39 is 20.6 Å². The van der Waals surface area contributed by atoms with Crippen LogP contribution in [0.4, 0.5) is 0 Å². The SMILES string of the molecule is Cc1ccncc1C(NN)C(C)(C)S(C)(=O)=O. The van der Waals surface area contributed by atoms with Gasteiger partial charge in [0.2, 0.25) is 0 Å². The summed E-state index contributed by atoms with van der Waals surface area (Å²) in [6.07, 6.45) is 4.52. The molecule has 1 aromatic heterocycles. The molecule has 17 heavy (non-hydrogen) atoms. The molecular formula is C11H19N3O2S. The third-order valence-corrected chi connectivity index (χ3v) is 5.36. The highest BCUT2D eigenvalue weighted by molar-refractivity contribution is 7.92. The molecule has 5 nitrogen and oxygen atoms in total. The summed E-state index contributed by atoms with van der Waals surface area (Å²) < 4.78 is 22.6. The number of aromatic nitrogens is 1. The normalized spacial score (nSPS) is 14.6. The van der Waals surface area contributed by atoms with E-state index in [1.165, 1.54) is 6.26 Å². The van der Waals surface area contributed by atoms with Crippen molar-refractivity contribution in [3.05, 3.63) is 29.6 Å². The average molecular weight is 257 g/mol. The van der Waals surface area contributed by atoms with Crippen molar-refractivity contribution in [3.8, 4) is 0 Å². The fourth-order valence-electron chi connectivity index (χ4n) is 1.66. The summed E-state index contributed by atoms with van der Waals surface area (Å²) in [6.45, 7) is 5.21. The monoisotopic (exact) mass is 257 g/mol. The summed E-state index contributed by atoms with van der Waals surface area (Å²) in [5.74, 6) is 5.51. The van der Waals surface area contributed by atoms with Crippen LogP contribution in [0.1, 0.15) is 31.0 Å². The van der Waals surface area contributed by atoms with E-state index in [0.29, 0.717) is 0 Å². The first-order valence-electron chi connectivity index (χ1n) is 5.28. The highest BCUT2D eigenvalue weighted by Crippen LogP contribution is 2.32. The van der Waals surface area contributed by atoms with Crippen molar-refractivity contribution in [2.45, 2.75) is 31.6 Å². The number of pyridine rings is 1. The molecule has 0 saturated carbocycles. The summed E-state index contributed by atoms with van der Waals surface area (Å²) in [4.78, 5) is 4.02. The van der Waals surface area contributed by atoms with Gasteiger partial charge in [0.25, 0.3) is 0 Å². The predicted octanol–water partition coefficient (Wildman–Crippen LogP) is 0.718. The molecule has 0 amide bonds. The van der Waals surface area contributed by atoms with E-state index in [9.17, 15) is 8.42 Å². The van der Waals surface area contributed by atoms with Crippen LogP contribution in [0.3, 0.4) is 0 Å². The van der Waals surface area contributed by atoms with E-state index in [-0.39, 0.29) is 0 Å². The van der Waals surface area contributed by atoms with Gasteiger partial charge in [0.05, 0.1) is 10.8 Å². The van der Waals surface area contributed by atoms with Crippen LogP contribution in [0.2, 0.25) is 0 Å². The van der Waals surface area contributed by atoms with Gasteiger partial charge in [0.1, 0.15) is 0 Å². The minimum Gasteiger partial charge on any atom is -0.271 e. The largest absolute Gasteiger partial charge is 0.271 e. The molecule has 0 saturated heterocycles. The second-order valence-electron chi connectivity index (χ2n) is 4.71. The second-order valence-corrected chi connectivity index (χ2v) is 7.30. The Hall–Kier alpha value is -0.980. The van der Waals surface area contributed by atoms with Gasteiger partial charge < -0.3 is 0 Å². The van der Waals surface area contributed by atoms with Crippen molar-refractivity contribution in [1.29, 1.82) is 0 Å². The molecule has 0 aliphatic heterocycles. The van der Waals surface area contributed by atoms with Crippen LogP contribution in [0.5, 0.6) is 0 Å². The van der Waals surface area contributed by atoms with Gasteiger partial charge in [0.15, 0.2) is 9.84 Å². The first-order chi connectivity index (χ1) is 7.71. The summed E-state index contributed by atoms with van der Waals surface area (Å²) in [6, 6.07) is 1.34. The Kier molecular flexibility index (Phi) is 3.91. The third-order valence-electron chi connectivity index (χ3n) is 3.21. The molecule has 0 radical (unpaired) electrons. The zero-order chi connectivity index (χ0) is 13.3. The molecule has 0 aliphatic rings. The van der Waals surface area contributed by atoms with Crippen molar-refractivity contribution in [2.24, 2.45) is 5.84 Å². The maximum atomic E-state index is 11.8. The van der Waals surface area contributed by atoms with Crippen LogP contribution in [0.25, 0.3) is 0 Å². The summed E-state index contributed by atoms with van der Waals surface area (Å²) >= 11 is 0. The first-order valence-corrected chi connectivity index (χ1v) is 7.17. The Labute approximate surface area is 102 Å². The van der Waals surface area contributed by atoms with Crippen molar-refractivity contribution in [2.75, 3.05) is 6.26 Å². The summed E-state index contributed by atoms with van der Waals surface area (Å²) in [5.41, 5.74) is 4.34. The highest BCUT2D eigenvalue weighted by atomic mass is 32.2. The van der Waals surface area contributed by atoms with Gasteiger partial charge in [-0.25, -0.2) is 8.42 Å². The van der Waals surface area contributed by atoms with Crippen molar-refractivity contribution >= 4 is 9.84 Å². The molecule has 6 heteroatoms. The van der Waals surface area contributed by atoms with Gasteiger partial charge in [0, 0.05) is 18.6 Å². The molecule has 96 valence electrons. The van der Waals surface area contributed by atoms with Crippen LogP contribution in [0, 0.1) is 6.92 Å². The van der Waals surface area contributed by atoms with Gasteiger partial charge in [-0.3, -0.25) is 16.3 Å². The fraction of sp³-hybridized carbons (Fsp3) is 0.545. The number of nitrogens with one attached hydrogen (secondary N) is 1. The lowest BCUT2D eigenvalue weighted by Gasteiger charge is -2.33. The van der Waals surface area contributed by atoms with Gasteiger partial charge in [-0.15, -0.1) is 0 Å². The molecule has 0 spiro atoms. The fourth-order valence-corrected chi connectivity index (χ4v) is 2.28. The quantitative estimate of drug-likeness (QED) is 0.613.